The molecule has 17 heavy (non-hydrogen) atoms. The monoisotopic (exact) mass is 255 g/mol. The summed E-state index contributed by atoms with van der Waals surface area (Å²) >= 11 is 1.64. The fourth-order valence-corrected chi connectivity index (χ4v) is 3.07. The SMILES string of the molecule is Cc1nn(C[C@@H]2N[C@H](C(=O)O)CS2)c(C)c1C. The van der Waals surface area contributed by atoms with Crippen molar-refractivity contribution < 1.29 is 9.90 Å². The topological polar surface area (TPSA) is 67.2 Å². The number of carboxylic acid groups (broad SMARTS) is 1. The van der Waals surface area contributed by atoms with E-state index in [1.807, 2.05) is 18.5 Å². The van der Waals surface area contributed by atoms with E-state index in [1.54, 1.807) is 11.8 Å². The minimum Gasteiger partial charge on any atom is -0.480 e. The highest BCUT2D eigenvalue weighted by molar-refractivity contribution is 8.00. The summed E-state index contributed by atoms with van der Waals surface area (Å²) in [4.78, 5) is 10.8. The Morgan fingerprint density at radius 1 is 1.59 bits per heavy atom. The number of aromatic nitrogens is 2. The second kappa shape index (κ2) is 4.70. The molecule has 94 valence electrons. The van der Waals surface area contributed by atoms with E-state index in [4.69, 9.17) is 5.11 Å². The maximum atomic E-state index is 10.8. The van der Waals surface area contributed by atoms with Crippen LogP contribution in [0.1, 0.15) is 17.0 Å². The van der Waals surface area contributed by atoms with E-state index in [0.29, 0.717) is 5.75 Å². The first-order chi connectivity index (χ1) is 7.99. The van der Waals surface area contributed by atoms with E-state index in [9.17, 15) is 4.79 Å². The molecule has 1 aliphatic heterocycles. The van der Waals surface area contributed by atoms with Crippen LogP contribution < -0.4 is 5.32 Å². The Hall–Kier alpha value is -1.01. The van der Waals surface area contributed by atoms with Crippen LogP contribution in [0.4, 0.5) is 0 Å². The van der Waals surface area contributed by atoms with Gasteiger partial charge in [-0.15, -0.1) is 11.8 Å². The zero-order valence-electron chi connectivity index (χ0n) is 10.2. The highest BCUT2D eigenvalue weighted by Gasteiger charge is 2.29. The Labute approximate surface area is 105 Å². The van der Waals surface area contributed by atoms with Gasteiger partial charge in [0.2, 0.25) is 0 Å². The lowest BCUT2D eigenvalue weighted by Gasteiger charge is -2.12. The molecule has 0 radical (unpaired) electrons. The van der Waals surface area contributed by atoms with E-state index < -0.39 is 12.0 Å². The molecule has 0 aromatic carbocycles. The molecular formula is C11H17N3O2S. The number of carbonyl (C=O) groups is 1. The minimum atomic E-state index is -0.774. The average Bonchev–Trinajstić information content (AvgIpc) is 2.82. The van der Waals surface area contributed by atoms with Crippen LogP contribution in [0, 0.1) is 20.8 Å². The van der Waals surface area contributed by atoms with Crippen LogP contribution in [0.3, 0.4) is 0 Å². The number of aryl methyl sites for hydroxylation is 1. The lowest BCUT2D eigenvalue weighted by atomic mass is 10.2. The van der Waals surface area contributed by atoms with Gasteiger partial charge in [0.05, 0.1) is 17.6 Å². The summed E-state index contributed by atoms with van der Waals surface area (Å²) in [6.07, 6.45) is 0. The van der Waals surface area contributed by atoms with Crippen molar-refractivity contribution >= 4 is 17.7 Å². The maximum Gasteiger partial charge on any atom is 0.321 e. The summed E-state index contributed by atoms with van der Waals surface area (Å²) in [5, 5.41) is 16.6. The summed E-state index contributed by atoms with van der Waals surface area (Å²) in [6, 6.07) is -0.428. The van der Waals surface area contributed by atoms with Crippen molar-refractivity contribution in [3.8, 4) is 0 Å². The molecule has 6 heteroatoms. The summed E-state index contributed by atoms with van der Waals surface area (Å²) in [6.45, 7) is 6.82. The summed E-state index contributed by atoms with van der Waals surface area (Å²) in [5.74, 6) is -0.150. The molecule has 2 heterocycles. The predicted octanol–water partition coefficient (Wildman–Crippen LogP) is 0.924. The number of thioether (sulfide) groups is 1. The fraction of sp³-hybridized carbons (Fsp3) is 0.636. The standard InChI is InChI=1S/C11H17N3O2S/c1-6-7(2)13-14(8(6)3)4-10-12-9(5-17-10)11(15)16/h9-10,12H,4-5H2,1-3H3,(H,15,16)/t9-,10+/m0/s1. The number of rotatable bonds is 3. The van der Waals surface area contributed by atoms with Crippen molar-refractivity contribution in [2.24, 2.45) is 0 Å². The molecule has 0 unspecified atom stereocenters. The average molecular weight is 255 g/mol. The van der Waals surface area contributed by atoms with Crippen LogP contribution in [0.2, 0.25) is 0 Å². The summed E-state index contributed by atoms with van der Waals surface area (Å²) in [5.41, 5.74) is 3.41. The van der Waals surface area contributed by atoms with Gasteiger partial charge in [0.15, 0.2) is 0 Å². The Kier molecular flexibility index (Phi) is 3.44. The van der Waals surface area contributed by atoms with Crippen molar-refractivity contribution in [3.05, 3.63) is 17.0 Å². The molecule has 1 fully saturated rings. The van der Waals surface area contributed by atoms with E-state index in [2.05, 4.69) is 17.3 Å². The van der Waals surface area contributed by atoms with Crippen molar-refractivity contribution in [2.75, 3.05) is 5.75 Å². The summed E-state index contributed by atoms with van der Waals surface area (Å²) in [7, 11) is 0. The molecule has 1 saturated heterocycles. The smallest absolute Gasteiger partial charge is 0.321 e. The van der Waals surface area contributed by atoms with Gasteiger partial charge in [0.1, 0.15) is 6.04 Å². The summed E-state index contributed by atoms with van der Waals surface area (Å²) < 4.78 is 1.96. The predicted molar refractivity (Wildman–Crippen MR) is 67.2 cm³/mol. The van der Waals surface area contributed by atoms with Crippen LogP contribution in [-0.4, -0.2) is 38.0 Å². The molecule has 0 aliphatic carbocycles. The molecule has 1 aromatic rings. The minimum absolute atomic E-state index is 0.133. The Morgan fingerprint density at radius 3 is 2.76 bits per heavy atom. The third-order valence-electron chi connectivity index (χ3n) is 3.23. The van der Waals surface area contributed by atoms with Crippen LogP contribution in [-0.2, 0) is 11.3 Å². The Bertz CT molecular complexity index is 444. The number of nitrogens with one attached hydrogen (secondary N) is 1. The van der Waals surface area contributed by atoms with E-state index in [1.165, 1.54) is 5.56 Å². The first-order valence-electron chi connectivity index (χ1n) is 5.60. The maximum absolute atomic E-state index is 10.8. The number of nitrogens with zero attached hydrogens (tertiary/aromatic N) is 2. The number of aliphatic carboxylic acids is 1. The molecule has 5 nitrogen and oxygen atoms in total. The van der Waals surface area contributed by atoms with Gasteiger partial charge in [0, 0.05) is 11.4 Å². The quantitative estimate of drug-likeness (QED) is 0.841. The lowest BCUT2D eigenvalue weighted by molar-refractivity contribution is -0.138. The number of carboxylic acids is 1. The normalized spacial score (nSPS) is 24.2. The Balaban J connectivity index is 2.03. The van der Waals surface area contributed by atoms with E-state index in [0.717, 1.165) is 17.9 Å². The van der Waals surface area contributed by atoms with E-state index >= 15 is 0 Å². The highest BCUT2D eigenvalue weighted by atomic mass is 32.2. The van der Waals surface area contributed by atoms with Crippen molar-refractivity contribution in [3.63, 3.8) is 0 Å². The fourth-order valence-electron chi connectivity index (χ4n) is 1.90. The molecule has 2 rings (SSSR count). The van der Waals surface area contributed by atoms with Crippen LogP contribution in [0.15, 0.2) is 0 Å². The first kappa shape index (κ1) is 12.4. The third-order valence-corrected chi connectivity index (χ3v) is 4.44. The van der Waals surface area contributed by atoms with Crippen LogP contribution in [0.5, 0.6) is 0 Å². The molecule has 2 N–H and O–H groups in total. The van der Waals surface area contributed by atoms with Crippen molar-refractivity contribution in [1.29, 1.82) is 0 Å². The van der Waals surface area contributed by atoms with Gasteiger partial charge >= 0.3 is 5.97 Å². The van der Waals surface area contributed by atoms with Crippen LogP contribution >= 0.6 is 11.8 Å². The molecule has 0 spiro atoms. The molecular weight excluding hydrogens is 238 g/mol. The van der Waals surface area contributed by atoms with Gasteiger partial charge < -0.3 is 5.11 Å². The number of hydrogen-bond donors (Lipinski definition) is 2. The highest BCUT2D eigenvalue weighted by Crippen LogP contribution is 2.21. The molecule has 0 amide bonds. The second-order valence-corrected chi connectivity index (χ2v) is 5.59. The first-order valence-corrected chi connectivity index (χ1v) is 6.65. The largest absolute Gasteiger partial charge is 0.480 e. The van der Waals surface area contributed by atoms with Gasteiger partial charge in [-0.25, -0.2) is 0 Å². The van der Waals surface area contributed by atoms with Crippen molar-refractivity contribution in [2.45, 2.75) is 38.7 Å². The molecule has 1 aromatic heterocycles. The van der Waals surface area contributed by atoms with Gasteiger partial charge in [-0.2, -0.15) is 5.10 Å². The van der Waals surface area contributed by atoms with Crippen molar-refractivity contribution in [1.82, 2.24) is 15.1 Å². The Morgan fingerprint density at radius 2 is 2.29 bits per heavy atom. The second-order valence-electron chi connectivity index (χ2n) is 4.36. The zero-order chi connectivity index (χ0) is 12.6. The third kappa shape index (κ3) is 2.47. The molecule has 0 bridgehead atoms. The molecule has 1 aliphatic rings. The number of hydrogen-bond acceptors (Lipinski definition) is 4. The lowest BCUT2D eigenvalue weighted by Crippen LogP contribution is -2.38. The molecule has 2 atom stereocenters. The zero-order valence-corrected chi connectivity index (χ0v) is 11.0. The van der Waals surface area contributed by atoms with Gasteiger partial charge in [-0.1, -0.05) is 0 Å². The van der Waals surface area contributed by atoms with Gasteiger partial charge in [-0.3, -0.25) is 14.8 Å². The van der Waals surface area contributed by atoms with Gasteiger partial charge in [-0.05, 0) is 26.3 Å². The van der Waals surface area contributed by atoms with E-state index in [-0.39, 0.29) is 5.37 Å². The van der Waals surface area contributed by atoms with Gasteiger partial charge in [0.25, 0.3) is 0 Å². The molecule has 0 saturated carbocycles. The van der Waals surface area contributed by atoms with Crippen LogP contribution in [0.25, 0.3) is 0 Å².